The first-order valence-corrected chi connectivity index (χ1v) is 9.86. The first kappa shape index (κ1) is 21.3. The molecular weight excluding hydrogens is 387 g/mol. The third-order valence-corrected chi connectivity index (χ3v) is 5.20. The van der Waals surface area contributed by atoms with E-state index in [0.717, 1.165) is 10.6 Å². The molecule has 5 N–H and O–H groups in total. The highest BCUT2D eigenvalue weighted by Gasteiger charge is 2.16. The monoisotopic (exact) mass is 408 g/mol. The molecule has 1 aliphatic heterocycles. The molecule has 2 rings (SSSR count). The predicted octanol–water partition coefficient (Wildman–Crippen LogP) is 1.34. The minimum atomic E-state index is -0.869. The van der Waals surface area contributed by atoms with E-state index in [4.69, 9.17) is 21.7 Å². The maximum absolute atomic E-state index is 14.5. The van der Waals surface area contributed by atoms with E-state index in [2.05, 4.69) is 10.7 Å². The van der Waals surface area contributed by atoms with E-state index in [1.807, 2.05) is 0 Å². The number of nitriles is 1. The molecule has 0 radical (unpaired) electrons. The summed E-state index contributed by atoms with van der Waals surface area (Å²) in [4.78, 5) is 15.2. The molecule has 0 fully saturated rings. The van der Waals surface area contributed by atoms with E-state index in [0.29, 0.717) is 29.2 Å². The number of hydrazine groups is 1. The summed E-state index contributed by atoms with van der Waals surface area (Å²) in [7, 11) is -0.869. The zero-order chi connectivity index (χ0) is 20.5. The summed E-state index contributed by atoms with van der Waals surface area (Å²) in [5.74, 6) is 6.24. The van der Waals surface area contributed by atoms with Gasteiger partial charge in [0, 0.05) is 39.8 Å². The van der Waals surface area contributed by atoms with Crippen molar-refractivity contribution in [1.29, 1.82) is 5.26 Å². The Bertz CT molecular complexity index is 839. The van der Waals surface area contributed by atoms with Crippen LogP contribution in [0.25, 0.3) is 5.57 Å². The van der Waals surface area contributed by atoms with Gasteiger partial charge in [-0.25, -0.2) is 10.2 Å². The number of anilines is 1. The van der Waals surface area contributed by atoms with Crippen LogP contribution in [0.1, 0.15) is 12.0 Å². The quantitative estimate of drug-likeness (QED) is 0.240. The summed E-state index contributed by atoms with van der Waals surface area (Å²) in [5, 5.41) is 15.1. The molecule has 1 aliphatic rings. The van der Waals surface area contributed by atoms with Crippen LogP contribution in [0.5, 0.6) is 0 Å². The van der Waals surface area contributed by atoms with Crippen molar-refractivity contribution in [1.82, 2.24) is 5.01 Å². The molecule has 2 unspecified atom stereocenters. The molecule has 0 saturated heterocycles. The van der Waals surface area contributed by atoms with Crippen LogP contribution in [0.4, 0.5) is 10.1 Å². The number of benzene rings is 1. The number of nitrogens with zero attached hydrogens (tertiary/aromatic N) is 3. The van der Waals surface area contributed by atoms with Gasteiger partial charge in [-0.05, 0) is 30.2 Å². The highest BCUT2D eigenvalue weighted by molar-refractivity contribution is 7.85. The first-order valence-electron chi connectivity index (χ1n) is 8.38. The smallest absolute Gasteiger partial charge is 0.166 e. The van der Waals surface area contributed by atoms with Gasteiger partial charge in [0.1, 0.15) is 17.6 Å². The van der Waals surface area contributed by atoms with Crippen molar-refractivity contribution < 1.29 is 13.4 Å². The number of halogens is 1. The molecule has 2 atom stereocenters. The van der Waals surface area contributed by atoms with E-state index in [9.17, 15) is 13.5 Å². The van der Waals surface area contributed by atoms with Crippen molar-refractivity contribution in [3.8, 4) is 6.07 Å². The molecule has 1 heterocycles. The number of hydrogen-bond acceptors (Lipinski definition) is 9. The molecule has 1 aromatic carbocycles. The fourth-order valence-corrected chi connectivity index (χ4v) is 3.66. The molecule has 1 aromatic rings. The Balaban J connectivity index is 1.99. The summed E-state index contributed by atoms with van der Waals surface area (Å²) in [6.07, 6.45) is 2.81. The van der Waals surface area contributed by atoms with Gasteiger partial charge in [-0.15, -0.1) is 4.91 Å². The van der Waals surface area contributed by atoms with E-state index < -0.39 is 22.7 Å². The van der Waals surface area contributed by atoms with Crippen molar-refractivity contribution in [2.75, 3.05) is 29.9 Å². The fraction of sp³-hybridized carbons (Fsp3) is 0.353. The van der Waals surface area contributed by atoms with Gasteiger partial charge >= 0.3 is 0 Å². The van der Waals surface area contributed by atoms with E-state index in [-0.39, 0.29) is 18.8 Å². The highest BCUT2D eigenvalue weighted by Crippen LogP contribution is 2.26. The minimum absolute atomic E-state index is 0.0196. The topological polar surface area (TPSA) is 147 Å². The summed E-state index contributed by atoms with van der Waals surface area (Å²) < 4.78 is 25.9. The zero-order valence-electron chi connectivity index (χ0n) is 15.0. The molecule has 0 bridgehead atoms. The molecular formula is C17H21FN6O3S. The normalized spacial score (nSPS) is 17.8. The Kier molecular flexibility index (Phi) is 7.91. The molecule has 0 saturated carbocycles. The second-order valence-electron chi connectivity index (χ2n) is 6.06. The van der Waals surface area contributed by atoms with Crippen molar-refractivity contribution in [3.05, 3.63) is 52.5 Å². The molecule has 9 nitrogen and oxygen atoms in total. The molecule has 28 heavy (non-hydrogen) atoms. The summed E-state index contributed by atoms with van der Waals surface area (Å²) in [5.41, 5.74) is 7.06. The largest absolute Gasteiger partial charge is 0.389 e. The Morgan fingerprint density at radius 1 is 1.57 bits per heavy atom. The van der Waals surface area contributed by atoms with Gasteiger partial charge in [-0.2, -0.15) is 5.26 Å². The van der Waals surface area contributed by atoms with Gasteiger partial charge in [0.05, 0.1) is 13.1 Å². The van der Waals surface area contributed by atoms with Crippen molar-refractivity contribution in [3.63, 3.8) is 0 Å². The van der Waals surface area contributed by atoms with Gasteiger partial charge in [-0.1, -0.05) is 6.08 Å². The third kappa shape index (κ3) is 6.33. The number of rotatable bonds is 9. The van der Waals surface area contributed by atoms with E-state index in [1.165, 1.54) is 12.3 Å². The Labute approximate surface area is 164 Å². The number of nitrogens with two attached hydrogens (primary N) is 2. The van der Waals surface area contributed by atoms with Crippen molar-refractivity contribution in [2.24, 2.45) is 16.9 Å². The zero-order valence-corrected chi connectivity index (χ0v) is 15.8. The lowest BCUT2D eigenvalue weighted by molar-refractivity contribution is 0.0451. The van der Waals surface area contributed by atoms with Crippen LogP contribution in [0.15, 0.2) is 41.5 Å². The fourth-order valence-electron chi connectivity index (χ4n) is 2.66. The Hall–Kier alpha value is -2.97. The van der Waals surface area contributed by atoms with Crippen molar-refractivity contribution in [2.45, 2.75) is 12.5 Å². The summed E-state index contributed by atoms with van der Waals surface area (Å²) >= 11 is 0. The maximum atomic E-state index is 14.5. The summed E-state index contributed by atoms with van der Waals surface area (Å²) in [6, 6.07) is 6.39. The average molecular weight is 408 g/mol. The molecule has 0 amide bonds. The van der Waals surface area contributed by atoms with Crippen LogP contribution in [0, 0.1) is 22.1 Å². The second kappa shape index (κ2) is 10.4. The van der Waals surface area contributed by atoms with Gasteiger partial charge in [0.15, 0.2) is 11.4 Å². The van der Waals surface area contributed by atoms with Gasteiger partial charge < -0.3 is 20.9 Å². The van der Waals surface area contributed by atoms with Crippen LogP contribution in [0.2, 0.25) is 0 Å². The van der Waals surface area contributed by atoms with Gasteiger partial charge in [0.25, 0.3) is 0 Å². The van der Waals surface area contributed by atoms with Crippen LogP contribution < -0.4 is 16.9 Å². The third-order valence-electron chi connectivity index (χ3n) is 4.00. The number of nitrogens with one attached hydrogen (secondary N) is 1. The van der Waals surface area contributed by atoms with Gasteiger partial charge in [-0.3, -0.25) is 4.21 Å². The molecule has 0 aromatic heterocycles. The molecule has 0 spiro atoms. The Morgan fingerprint density at radius 2 is 2.36 bits per heavy atom. The summed E-state index contributed by atoms with van der Waals surface area (Å²) in [6.45, 7) is 0.131. The predicted molar refractivity (Wildman–Crippen MR) is 105 cm³/mol. The first-order chi connectivity index (χ1) is 13.4. The van der Waals surface area contributed by atoms with Crippen LogP contribution >= 0.6 is 0 Å². The Morgan fingerprint density at radius 3 is 2.96 bits per heavy atom. The lowest BCUT2D eigenvalue weighted by Crippen LogP contribution is -2.38. The molecule has 0 aliphatic carbocycles. The van der Waals surface area contributed by atoms with Gasteiger partial charge in [0.2, 0.25) is 0 Å². The molecule has 150 valence electrons. The maximum Gasteiger partial charge on any atom is 0.166 e. The minimum Gasteiger partial charge on any atom is -0.389 e. The molecule has 11 heteroatoms. The highest BCUT2D eigenvalue weighted by atomic mass is 32.2. The standard InChI is InChI=1S/C17H21FN6O3S/c18-17-7-14(1-2-16(17)12-3-5-28(26)6-4-12)22-9-15(27-23-25)11-24(21)10-13(20)8-19/h1-3,7,10,15,22H,4-6,9,11,20-21H2/b13-10-. The second-order valence-corrected chi connectivity index (χ2v) is 7.68. The van der Waals surface area contributed by atoms with Crippen LogP contribution in [0.3, 0.4) is 0 Å². The lowest BCUT2D eigenvalue weighted by atomic mass is 10.0. The van der Waals surface area contributed by atoms with Crippen LogP contribution in [-0.4, -0.2) is 39.9 Å². The van der Waals surface area contributed by atoms with E-state index in [1.54, 1.807) is 24.3 Å². The number of allylic oxidation sites excluding steroid dienone is 2. The SMILES string of the molecule is N#C/C(N)=C/N(N)CC(CNc1ccc(C2=CCS(=O)CC2)c(F)c1)ON=O. The average Bonchev–Trinajstić information content (AvgIpc) is 2.67. The van der Waals surface area contributed by atoms with Crippen molar-refractivity contribution >= 4 is 22.1 Å². The van der Waals surface area contributed by atoms with E-state index >= 15 is 0 Å². The number of hydrogen-bond donors (Lipinski definition) is 3. The van der Waals surface area contributed by atoms with Crippen LogP contribution in [-0.2, 0) is 15.6 Å². The lowest BCUT2D eigenvalue weighted by Gasteiger charge is -2.21.